The van der Waals surface area contributed by atoms with Gasteiger partial charge in [0.05, 0.1) is 6.42 Å². The monoisotopic (exact) mass is 233 g/mol. The van der Waals surface area contributed by atoms with Gasteiger partial charge in [0.2, 0.25) is 5.91 Å². The highest BCUT2D eigenvalue weighted by molar-refractivity contribution is 6.39. The zero-order chi connectivity index (χ0) is 12.6. The normalized spacial score (nSPS) is 12.9. The van der Waals surface area contributed by atoms with Crippen LogP contribution in [-0.2, 0) is 20.8 Å². The third kappa shape index (κ3) is 1.96. The molecule has 3 N–H and O–H groups in total. The van der Waals surface area contributed by atoms with E-state index in [-0.39, 0.29) is 12.3 Å². The van der Waals surface area contributed by atoms with Crippen molar-refractivity contribution in [3.8, 4) is 0 Å². The summed E-state index contributed by atoms with van der Waals surface area (Å²) in [7, 11) is 1.46. The van der Waals surface area contributed by atoms with Crippen LogP contribution in [0.25, 0.3) is 0 Å². The molecule has 0 aliphatic carbocycles. The molecule has 17 heavy (non-hydrogen) atoms. The van der Waals surface area contributed by atoms with Crippen molar-refractivity contribution in [1.82, 2.24) is 0 Å². The van der Waals surface area contributed by atoms with Gasteiger partial charge >= 0.3 is 11.8 Å². The first kappa shape index (κ1) is 11.1. The summed E-state index contributed by atoms with van der Waals surface area (Å²) in [5.74, 6) is -1.88. The molecule has 1 aromatic carbocycles. The molecule has 2 rings (SSSR count). The minimum absolute atomic E-state index is 0.0824. The number of rotatable bonds is 1. The van der Waals surface area contributed by atoms with Crippen LogP contribution in [0.3, 0.4) is 0 Å². The van der Waals surface area contributed by atoms with Crippen LogP contribution in [0.2, 0.25) is 0 Å². The molecule has 1 heterocycles. The minimum Gasteiger partial charge on any atom is -0.361 e. The summed E-state index contributed by atoms with van der Waals surface area (Å²) >= 11 is 0. The predicted molar refractivity (Wildman–Crippen MR) is 61.4 cm³/mol. The van der Waals surface area contributed by atoms with E-state index in [2.05, 4.69) is 5.32 Å². The largest absolute Gasteiger partial charge is 0.361 e. The highest BCUT2D eigenvalue weighted by Crippen LogP contribution is 2.27. The molecule has 0 bridgehead atoms. The fraction of sp³-hybridized carbons (Fsp3) is 0.182. The topological polar surface area (TPSA) is 92.5 Å². The number of amides is 3. The number of nitrogens with zero attached hydrogens (tertiary/aromatic N) is 1. The molecule has 1 aliphatic heterocycles. The number of likely N-dealkylation sites (N-methyl/N-ethyl adjacent to an activating group) is 1. The quantitative estimate of drug-likeness (QED) is 0.648. The summed E-state index contributed by atoms with van der Waals surface area (Å²) in [5, 5.41) is 2.68. The number of benzene rings is 1. The van der Waals surface area contributed by atoms with Gasteiger partial charge in [-0.05, 0) is 23.8 Å². The van der Waals surface area contributed by atoms with Crippen LogP contribution in [0.5, 0.6) is 0 Å². The number of carbonyl (C=O) groups is 3. The Labute approximate surface area is 97.4 Å². The first-order valence-corrected chi connectivity index (χ1v) is 4.99. The summed E-state index contributed by atoms with van der Waals surface area (Å²) in [5.41, 5.74) is 6.98. The smallest absolute Gasteiger partial charge is 0.315 e. The van der Waals surface area contributed by atoms with Crippen molar-refractivity contribution in [2.24, 2.45) is 5.73 Å². The van der Waals surface area contributed by atoms with E-state index in [1.54, 1.807) is 18.2 Å². The molecule has 0 spiro atoms. The van der Waals surface area contributed by atoms with Crippen LogP contribution < -0.4 is 16.0 Å². The number of fused-ring (bicyclic) bond motifs is 1. The highest BCUT2D eigenvalue weighted by Gasteiger charge is 2.21. The molecule has 0 atom stereocenters. The Kier molecular flexibility index (Phi) is 2.55. The second-order valence-electron chi connectivity index (χ2n) is 3.79. The van der Waals surface area contributed by atoms with Gasteiger partial charge in [-0.3, -0.25) is 14.4 Å². The fourth-order valence-electron chi connectivity index (χ4n) is 1.71. The maximum atomic E-state index is 11.4. The lowest BCUT2D eigenvalue weighted by Gasteiger charge is -2.15. The first-order chi connectivity index (χ1) is 7.99. The van der Waals surface area contributed by atoms with Crippen LogP contribution in [0.15, 0.2) is 18.2 Å². The summed E-state index contributed by atoms with van der Waals surface area (Å²) < 4.78 is 0. The van der Waals surface area contributed by atoms with Crippen LogP contribution >= 0.6 is 0 Å². The average molecular weight is 233 g/mol. The summed E-state index contributed by atoms with van der Waals surface area (Å²) in [6, 6.07) is 5.03. The van der Waals surface area contributed by atoms with Crippen molar-refractivity contribution in [2.45, 2.75) is 6.42 Å². The Morgan fingerprint density at radius 1 is 1.41 bits per heavy atom. The van der Waals surface area contributed by atoms with Crippen molar-refractivity contribution >= 4 is 29.1 Å². The lowest BCUT2D eigenvalue weighted by Crippen LogP contribution is -2.37. The molecule has 3 amide bonds. The zero-order valence-corrected chi connectivity index (χ0v) is 9.19. The van der Waals surface area contributed by atoms with Crippen molar-refractivity contribution < 1.29 is 14.4 Å². The van der Waals surface area contributed by atoms with Crippen LogP contribution in [-0.4, -0.2) is 24.8 Å². The van der Waals surface area contributed by atoms with E-state index in [1.165, 1.54) is 7.05 Å². The fourth-order valence-corrected chi connectivity index (χ4v) is 1.71. The lowest BCUT2D eigenvalue weighted by atomic mass is 10.1. The van der Waals surface area contributed by atoms with Gasteiger partial charge in [0.15, 0.2) is 0 Å². The molecule has 88 valence electrons. The maximum absolute atomic E-state index is 11.4. The molecule has 6 nitrogen and oxygen atoms in total. The van der Waals surface area contributed by atoms with E-state index in [4.69, 9.17) is 5.73 Å². The molecule has 1 aromatic rings. The predicted octanol–water partition coefficient (Wildman–Crippen LogP) is -0.371. The van der Waals surface area contributed by atoms with Gasteiger partial charge in [0.1, 0.15) is 0 Å². The Balaban J connectivity index is 2.30. The second-order valence-corrected chi connectivity index (χ2v) is 3.79. The first-order valence-electron chi connectivity index (χ1n) is 4.99. The molecule has 0 radical (unpaired) electrons. The maximum Gasteiger partial charge on any atom is 0.315 e. The molecule has 0 saturated carbocycles. The number of carbonyl (C=O) groups excluding carboxylic acids is 3. The van der Waals surface area contributed by atoms with Gasteiger partial charge in [0, 0.05) is 18.4 Å². The number of anilines is 2. The van der Waals surface area contributed by atoms with Crippen LogP contribution in [0, 0.1) is 0 Å². The summed E-state index contributed by atoms with van der Waals surface area (Å²) in [6.45, 7) is 0. The summed E-state index contributed by atoms with van der Waals surface area (Å²) in [6.07, 6.45) is 0.280. The number of nitrogens with one attached hydrogen (secondary N) is 1. The SMILES string of the molecule is CN(C(=O)C(N)=O)c1ccc2c(c1)CC(=O)N2. The zero-order valence-electron chi connectivity index (χ0n) is 9.19. The van der Waals surface area contributed by atoms with E-state index >= 15 is 0 Å². The molecular weight excluding hydrogens is 222 g/mol. The molecular formula is C11H11N3O3. The van der Waals surface area contributed by atoms with Gasteiger partial charge in [-0.1, -0.05) is 0 Å². The molecule has 0 fully saturated rings. The van der Waals surface area contributed by atoms with Crippen LogP contribution in [0.4, 0.5) is 11.4 Å². The van der Waals surface area contributed by atoms with E-state index in [0.29, 0.717) is 5.69 Å². The molecule has 6 heteroatoms. The van der Waals surface area contributed by atoms with Crippen molar-refractivity contribution in [2.75, 3.05) is 17.3 Å². The van der Waals surface area contributed by atoms with Crippen molar-refractivity contribution in [1.29, 1.82) is 0 Å². The molecule has 0 saturated heterocycles. The minimum atomic E-state index is -1.01. The highest BCUT2D eigenvalue weighted by atomic mass is 16.2. The Morgan fingerprint density at radius 2 is 2.12 bits per heavy atom. The van der Waals surface area contributed by atoms with Gasteiger partial charge in [-0.15, -0.1) is 0 Å². The number of hydrogen-bond acceptors (Lipinski definition) is 3. The Bertz CT molecular complexity index is 525. The third-order valence-corrected chi connectivity index (χ3v) is 2.62. The molecule has 1 aliphatic rings. The van der Waals surface area contributed by atoms with E-state index in [1.807, 2.05) is 0 Å². The standard InChI is InChI=1S/C11H11N3O3/c1-14(11(17)10(12)16)7-2-3-8-6(4-7)5-9(15)13-8/h2-4H,5H2,1H3,(H2,12,16)(H,13,15). The number of hydrogen-bond donors (Lipinski definition) is 2. The van der Waals surface area contributed by atoms with Gasteiger partial charge in [-0.25, -0.2) is 0 Å². The molecule has 0 unspecified atom stereocenters. The Morgan fingerprint density at radius 3 is 2.76 bits per heavy atom. The average Bonchev–Trinajstić information content (AvgIpc) is 2.65. The second kappa shape index (κ2) is 3.89. The van der Waals surface area contributed by atoms with Crippen molar-refractivity contribution in [3.63, 3.8) is 0 Å². The summed E-state index contributed by atoms with van der Waals surface area (Å²) in [4.78, 5) is 34.5. The van der Waals surface area contributed by atoms with Crippen LogP contribution in [0.1, 0.15) is 5.56 Å². The van der Waals surface area contributed by atoms with Gasteiger partial charge < -0.3 is 16.0 Å². The van der Waals surface area contributed by atoms with E-state index in [9.17, 15) is 14.4 Å². The van der Waals surface area contributed by atoms with E-state index < -0.39 is 11.8 Å². The third-order valence-electron chi connectivity index (χ3n) is 2.62. The number of nitrogens with two attached hydrogens (primary N) is 1. The molecule has 0 aromatic heterocycles. The lowest BCUT2D eigenvalue weighted by molar-refractivity contribution is -0.135. The van der Waals surface area contributed by atoms with Gasteiger partial charge in [0.25, 0.3) is 0 Å². The van der Waals surface area contributed by atoms with E-state index in [0.717, 1.165) is 16.2 Å². The van der Waals surface area contributed by atoms with Gasteiger partial charge in [-0.2, -0.15) is 0 Å². The van der Waals surface area contributed by atoms with Crippen molar-refractivity contribution in [3.05, 3.63) is 23.8 Å². The number of primary amides is 1. The Hall–Kier alpha value is -2.37.